The average molecular weight is 892 g/mol. The number of carbonyl (C=O) groups excluding carboxylic acids is 3. The van der Waals surface area contributed by atoms with Gasteiger partial charge in [-0.2, -0.15) is 4.98 Å². The molecule has 4 heterocycles. The summed E-state index contributed by atoms with van der Waals surface area (Å²) in [5.41, 5.74) is -1.20. The van der Waals surface area contributed by atoms with Gasteiger partial charge in [0, 0.05) is 49.5 Å². The fourth-order valence-electron chi connectivity index (χ4n) is 9.11. The monoisotopic (exact) mass is 891 g/mol. The Kier molecular flexibility index (Phi) is 12.6. The minimum Gasteiger partial charge on any atom is -0.491 e. The van der Waals surface area contributed by atoms with Crippen molar-refractivity contribution < 1.29 is 47.6 Å². The lowest BCUT2D eigenvalue weighted by Gasteiger charge is -2.35. The van der Waals surface area contributed by atoms with Crippen LogP contribution in [0.25, 0.3) is 22.3 Å². The first kappa shape index (κ1) is 44.5. The van der Waals surface area contributed by atoms with Crippen molar-refractivity contribution in [2.45, 2.75) is 103 Å². The zero-order valence-electron chi connectivity index (χ0n) is 36.5. The smallest absolute Gasteiger partial charge is 0.408 e. The van der Waals surface area contributed by atoms with E-state index in [4.69, 9.17) is 39.9 Å². The number of hydrogen-bond acceptors (Lipinski definition) is 13. The number of rotatable bonds is 16. The third kappa shape index (κ3) is 9.70. The van der Waals surface area contributed by atoms with Gasteiger partial charge in [-0.15, -0.1) is 6.58 Å². The number of fused-ring (bicyclic) bond motifs is 2. The number of aliphatic carboxylic acids is 1. The van der Waals surface area contributed by atoms with E-state index in [2.05, 4.69) is 32.4 Å². The van der Waals surface area contributed by atoms with Crippen LogP contribution in [-0.2, 0) is 23.9 Å². The molecule has 5 aliphatic rings. The van der Waals surface area contributed by atoms with Gasteiger partial charge in [-0.05, 0) is 68.9 Å². The quantitative estimate of drug-likeness (QED) is 0.131. The molecule has 2 aliphatic heterocycles. The predicted octanol–water partition coefficient (Wildman–Crippen LogP) is 5.51. The molecule has 340 valence electrons. The van der Waals surface area contributed by atoms with Gasteiger partial charge in [0.25, 0.3) is 6.01 Å². The highest BCUT2D eigenvalue weighted by Crippen LogP contribution is 2.52. The molecule has 3 aliphatic carbocycles. The third-order valence-electron chi connectivity index (χ3n) is 12.8. The van der Waals surface area contributed by atoms with Gasteiger partial charge in [-0.25, -0.2) is 14.6 Å². The molecule has 0 radical (unpaired) electrons. The zero-order chi connectivity index (χ0) is 44.8. The Bertz CT molecular complexity index is 2230. The maximum Gasteiger partial charge on any atom is 0.408 e. The number of hydrogen-bond donors (Lipinski definition) is 4. The summed E-state index contributed by atoms with van der Waals surface area (Å²) in [7, 11) is 0. The fraction of sp³-hybridized carbons (Fsp3) is 0.600. The number of aromatic nitrogens is 2. The number of likely N-dealkylation sites (tertiary alicyclic amines) is 1. The molecule has 8 atom stereocenters. The average Bonchev–Trinajstić information content (AvgIpc) is 3.91. The first-order valence-electron chi connectivity index (χ1n) is 21.9. The minimum absolute atomic E-state index is 0.000220. The second kappa shape index (κ2) is 17.8. The number of amides is 3. The summed E-state index contributed by atoms with van der Waals surface area (Å²) < 4.78 is 29.9. The molecule has 5 fully saturated rings. The predicted molar refractivity (Wildman–Crippen MR) is 233 cm³/mol. The molecule has 0 unspecified atom stereocenters. The second-order valence-electron chi connectivity index (χ2n) is 18.9. The Balaban J connectivity index is 1.09. The van der Waals surface area contributed by atoms with Crippen LogP contribution >= 0.6 is 11.6 Å². The molecule has 63 heavy (non-hydrogen) atoms. The van der Waals surface area contributed by atoms with Crippen molar-refractivity contribution in [3.05, 3.63) is 42.1 Å². The normalized spacial score (nSPS) is 27.1. The van der Waals surface area contributed by atoms with E-state index in [1.54, 1.807) is 18.2 Å². The van der Waals surface area contributed by atoms with Crippen molar-refractivity contribution in [2.75, 3.05) is 51.3 Å². The SMILES string of the molecule is C=C[C@@H]1C[C@]1(NC(=O)[C@@H]1C[C@@H](Oc2cc(-c3coc(NC(C)C)n3)nc3c(Cl)c(OCCN4CCOCC4)ccc23)CN1C(=O)[C@@H](NC(=O)O[C@@H]1C[C@@H]2C[C@@H]2C1)C(C)(C)C)C(=O)O. The van der Waals surface area contributed by atoms with Crippen LogP contribution < -0.4 is 25.4 Å². The molecule has 18 heteroatoms. The van der Waals surface area contributed by atoms with Gasteiger partial charge in [0.2, 0.25) is 11.8 Å². The van der Waals surface area contributed by atoms with E-state index in [0.717, 1.165) is 32.4 Å². The number of halogens is 1. The number of anilines is 1. The minimum atomic E-state index is -1.55. The van der Waals surface area contributed by atoms with Gasteiger partial charge in [-0.3, -0.25) is 14.5 Å². The molecule has 4 N–H and O–H groups in total. The molecule has 8 rings (SSSR count). The Morgan fingerprint density at radius 1 is 1.05 bits per heavy atom. The summed E-state index contributed by atoms with van der Waals surface area (Å²) in [6.07, 6.45) is 4.24. The summed E-state index contributed by atoms with van der Waals surface area (Å²) >= 11 is 7.07. The van der Waals surface area contributed by atoms with E-state index in [0.29, 0.717) is 78.0 Å². The molecule has 2 aromatic heterocycles. The van der Waals surface area contributed by atoms with E-state index in [-0.39, 0.29) is 36.6 Å². The van der Waals surface area contributed by atoms with Gasteiger partial charge in [0.1, 0.15) is 64.9 Å². The highest BCUT2D eigenvalue weighted by atomic mass is 35.5. The summed E-state index contributed by atoms with van der Waals surface area (Å²) in [4.78, 5) is 68.0. The lowest BCUT2D eigenvalue weighted by molar-refractivity contribution is -0.146. The van der Waals surface area contributed by atoms with Crippen LogP contribution in [0, 0.1) is 23.2 Å². The van der Waals surface area contributed by atoms with Crippen molar-refractivity contribution in [3.8, 4) is 22.9 Å². The number of alkyl carbamates (subject to hydrolysis) is 1. The van der Waals surface area contributed by atoms with Crippen LogP contribution in [-0.4, -0.2) is 131 Å². The number of pyridine rings is 1. The Hall–Kier alpha value is -5.13. The molecule has 0 spiro atoms. The molecule has 0 bridgehead atoms. The summed E-state index contributed by atoms with van der Waals surface area (Å²) in [6, 6.07) is 3.35. The summed E-state index contributed by atoms with van der Waals surface area (Å²) in [6.45, 7) is 17.1. The first-order chi connectivity index (χ1) is 30.0. The molecule has 1 aromatic carbocycles. The van der Waals surface area contributed by atoms with E-state index < -0.39 is 58.9 Å². The number of benzene rings is 1. The van der Waals surface area contributed by atoms with Gasteiger partial charge >= 0.3 is 12.1 Å². The largest absolute Gasteiger partial charge is 0.491 e. The maximum absolute atomic E-state index is 14.8. The number of carboxylic acids is 1. The van der Waals surface area contributed by atoms with Gasteiger partial charge in [0.05, 0.1) is 31.0 Å². The molecule has 3 saturated carbocycles. The molecular formula is C45H58ClN7O10. The van der Waals surface area contributed by atoms with E-state index >= 15 is 0 Å². The molecule has 3 aromatic rings. The summed E-state index contributed by atoms with van der Waals surface area (Å²) in [5, 5.41) is 19.7. The number of carbonyl (C=O) groups is 4. The van der Waals surface area contributed by atoms with Gasteiger partial charge in [-0.1, -0.05) is 38.4 Å². The first-order valence-corrected chi connectivity index (χ1v) is 22.3. The highest BCUT2D eigenvalue weighted by molar-refractivity contribution is 6.36. The summed E-state index contributed by atoms with van der Waals surface area (Å²) in [5.74, 6) is -0.911. The van der Waals surface area contributed by atoms with Crippen molar-refractivity contribution in [1.82, 2.24) is 30.4 Å². The van der Waals surface area contributed by atoms with Crippen LogP contribution in [0.4, 0.5) is 10.8 Å². The third-order valence-corrected chi connectivity index (χ3v) is 13.2. The fourth-order valence-corrected chi connectivity index (χ4v) is 9.37. The van der Waals surface area contributed by atoms with Crippen molar-refractivity contribution in [3.63, 3.8) is 0 Å². The van der Waals surface area contributed by atoms with Gasteiger partial charge in [0.15, 0.2) is 0 Å². The number of carboxylic acid groups (broad SMARTS) is 1. The maximum atomic E-state index is 14.8. The standard InChI is InChI=1S/C45H58ClN7O10/c1-7-27-21-45(27,41(56)57)51-39(54)33-19-29(22-53(33)40(55)38(44(4,5)6)50-43(58)63-28-17-25-16-26(25)18-28)62-35-20-31(32-23-61-42(49-32)47-24(2)3)48-37-30(35)8-9-34(36(37)46)60-15-12-52-10-13-59-14-11-52/h7-9,20,23-29,33,38H,1,10-19,21-22H2,2-6H3,(H,47,49)(H,50,58)(H,51,54)(H,56,57)/t25-,26+,27-,28+,29-,33+,38-,45-/m1/s1. The number of ether oxygens (including phenoxy) is 4. The van der Waals surface area contributed by atoms with E-state index in [9.17, 15) is 24.3 Å². The van der Waals surface area contributed by atoms with Crippen molar-refractivity contribution >= 4 is 52.4 Å². The second-order valence-corrected chi connectivity index (χ2v) is 19.3. The van der Waals surface area contributed by atoms with Crippen LogP contribution in [0.1, 0.15) is 66.7 Å². The highest BCUT2D eigenvalue weighted by Gasteiger charge is 2.61. The Labute approximate surface area is 371 Å². The van der Waals surface area contributed by atoms with E-state index in [1.807, 2.05) is 34.6 Å². The van der Waals surface area contributed by atoms with Crippen LogP contribution in [0.3, 0.4) is 0 Å². The number of nitrogens with one attached hydrogen (secondary N) is 3. The van der Waals surface area contributed by atoms with Crippen LogP contribution in [0.5, 0.6) is 11.5 Å². The number of morpholine rings is 1. The zero-order valence-corrected chi connectivity index (χ0v) is 37.2. The topological polar surface area (TPSA) is 207 Å². The number of oxazole rings is 1. The molecular weight excluding hydrogens is 834 g/mol. The van der Waals surface area contributed by atoms with Crippen molar-refractivity contribution in [2.24, 2.45) is 23.2 Å². The lowest BCUT2D eigenvalue weighted by atomic mass is 9.85. The van der Waals surface area contributed by atoms with Crippen LogP contribution in [0.15, 0.2) is 41.5 Å². The Morgan fingerprint density at radius 3 is 2.46 bits per heavy atom. The Morgan fingerprint density at radius 2 is 1.79 bits per heavy atom. The van der Waals surface area contributed by atoms with Gasteiger partial charge < -0.3 is 49.3 Å². The lowest BCUT2D eigenvalue weighted by Crippen LogP contribution is -2.59. The molecule has 3 amide bonds. The number of nitrogens with zero attached hydrogens (tertiary/aromatic N) is 4. The van der Waals surface area contributed by atoms with Crippen LogP contribution in [0.2, 0.25) is 5.02 Å². The van der Waals surface area contributed by atoms with E-state index in [1.165, 1.54) is 17.2 Å². The molecule has 2 saturated heterocycles. The van der Waals surface area contributed by atoms with Crippen molar-refractivity contribution in [1.29, 1.82) is 0 Å². The molecule has 17 nitrogen and oxygen atoms in total.